The highest BCUT2D eigenvalue weighted by molar-refractivity contribution is 5.79. The van der Waals surface area contributed by atoms with E-state index in [1.165, 1.54) is 19.3 Å². The van der Waals surface area contributed by atoms with Crippen LogP contribution in [0.3, 0.4) is 0 Å². The van der Waals surface area contributed by atoms with E-state index >= 15 is 0 Å². The molecule has 1 atom stereocenters. The molecule has 1 aliphatic carbocycles. The minimum absolute atomic E-state index is 0.266. The molecule has 4 heteroatoms. The third-order valence-corrected chi connectivity index (χ3v) is 4.80. The molecule has 22 heavy (non-hydrogen) atoms. The summed E-state index contributed by atoms with van der Waals surface area (Å²) in [7, 11) is 0. The molecule has 1 aromatic heterocycles. The van der Waals surface area contributed by atoms with E-state index in [9.17, 15) is 4.79 Å². The van der Waals surface area contributed by atoms with E-state index in [1.54, 1.807) is 0 Å². The second kappa shape index (κ2) is 5.59. The number of amides is 1. The van der Waals surface area contributed by atoms with E-state index in [2.05, 4.69) is 10.00 Å². The summed E-state index contributed by atoms with van der Waals surface area (Å²) in [6.45, 7) is 0.937. The Morgan fingerprint density at radius 3 is 2.77 bits per heavy atom. The number of hydrogen-bond acceptors (Lipinski definition) is 2. The predicted molar refractivity (Wildman–Crippen MR) is 84.7 cm³/mol. The molecule has 4 nitrogen and oxygen atoms in total. The van der Waals surface area contributed by atoms with Gasteiger partial charge in [-0.2, -0.15) is 5.10 Å². The van der Waals surface area contributed by atoms with Gasteiger partial charge < -0.3 is 4.90 Å². The minimum Gasteiger partial charge on any atom is -0.339 e. The zero-order valence-electron chi connectivity index (χ0n) is 12.7. The second-order valence-electron chi connectivity index (χ2n) is 6.44. The number of carbonyl (C=O) groups excluding carboxylic acids is 1. The molecule has 2 heterocycles. The van der Waals surface area contributed by atoms with Gasteiger partial charge in [-0.1, -0.05) is 18.2 Å². The molecular formula is C18H21N3O. The molecule has 2 aliphatic rings. The standard InChI is InChI=1S/C18H21N3O/c22-18(20-10-4-7-17(20)15-8-9-15)11-14-12-19-21(13-14)16-5-2-1-3-6-16/h1-3,5-6,12-13,15,17H,4,7-11H2. The van der Waals surface area contributed by atoms with Crippen LogP contribution in [-0.2, 0) is 11.2 Å². The second-order valence-corrected chi connectivity index (χ2v) is 6.44. The molecular weight excluding hydrogens is 274 g/mol. The molecule has 1 amide bonds. The van der Waals surface area contributed by atoms with Crippen LogP contribution in [0.2, 0.25) is 0 Å². The summed E-state index contributed by atoms with van der Waals surface area (Å²) < 4.78 is 1.84. The SMILES string of the molecule is O=C(Cc1cnn(-c2ccccc2)c1)N1CCCC1C1CC1. The van der Waals surface area contributed by atoms with Gasteiger partial charge in [-0.15, -0.1) is 0 Å². The summed E-state index contributed by atoms with van der Waals surface area (Å²) in [5.41, 5.74) is 2.02. The van der Waals surface area contributed by atoms with Crippen LogP contribution in [0.1, 0.15) is 31.2 Å². The van der Waals surface area contributed by atoms with Crippen LogP contribution < -0.4 is 0 Å². The number of para-hydroxylation sites is 1. The third-order valence-electron chi connectivity index (χ3n) is 4.80. The van der Waals surface area contributed by atoms with E-state index in [0.717, 1.165) is 30.1 Å². The Morgan fingerprint density at radius 2 is 2.00 bits per heavy atom. The van der Waals surface area contributed by atoms with Crippen molar-refractivity contribution >= 4 is 5.91 Å². The van der Waals surface area contributed by atoms with Crippen molar-refractivity contribution in [1.29, 1.82) is 0 Å². The maximum absolute atomic E-state index is 12.6. The van der Waals surface area contributed by atoms with Crippen molar-refractivity contribution in [2.45, 2.75) is 38.1 Å². The van der Waals surface area contributed by atoms with Gasteiger partial charge in [0.25, 0.3) is 0 Å². The van der Waals surface area contributed by atoms with E-state index in [0.29, 0.717) is 12.5 Å². The summed E-state index contributed by atoms with van der Waals surface area (Å²) in [6, 6.07) is 10.5. The number of likely N-dealkylation sites (tertiary alicyclic amines) is 1. The Bertz CT molecular complexity index is 660. The molecule has 0 radical (unpaired) electrons. The van der Waals surface area contributed by atoms with Crippen LogP contribution in [-0.4, -0.2) is 33.2 Å². The Morgan fingerprint density at radius 1 is 1.18 bits per heavy atom. The highest BCUT2D eigenvalue weighted by Crippen LogP contribution is 2.40. The van der Waals surface area contributed by atoms with Gasteiger partial charge in [0, 0.05) is 18.8 Å². The molecule has 1 aromatic carbocycles. The maximum atomic E-state index is 12.6. The number of rotatable bonds is 4. The van der Waals surface area contributed by atoms with Crippen molar-refractivity contribution < 1.29 is 4.79 Å². The van der Waals surface area contributed by atoms with Gasteiger partial charge in [-0.05, 0) is 49.3 Å². The quantitative estimate of drug-likeness (QED) is 0.870. The lowest BCUT2D eigenvalue weighted by Crippen LogP contribution is -2.37. The summed E-state index contributed by atoms with van der Waals surface area (Å²) in [6.07, 6.45) is 9.22. The average Bonchev–Trinajstić information content (AvgIpc) is 3.09. The Kier molecular flexibility index (Phi) is 3.45. The van der Waals surface area contributed by atoms with Crippen LogP contribution in [0.4, 0.5) is 0 Å². The van der Waals surface area contributed by atoms with Crippen LogP contribution >= 0.6 is 0 Å². The maximum Gasteiger partial charge on any atom is 0.227 e. The number of benzene rings is 1. The van der Waals surface area contributed by atoms with Crippen LogP contribution in [0, 0.1) is 5.92 Å². The molecule has 1 saturated heterocycles. The topological polar surface area (TPSA) is 38.1 Å². The van der Waals surface area contributed by atoms with Crippen molar-refractivity contribution in [3.63, 3.8) is 0 Å². The number of carbonyl (C=O) groups is 1. The molecule has 2 fully saturated rings. The smallest absolute Gasteiger partial charge is 0.227 e. The van der Waals surface area contributed by atoms with E-state index < -0.39 is 0 Å². The summed E-state index contributed by atoms with van der Waals surface area (Å²) in [4.78, 5) is 14.7. The van der Waals surface area contributed by atoms with Gasteiger partial charge in [0.15, 0.2) is 0 Å². The van der Waals surface area contributed by atoms with Gasteiger partial charge >= 0.3 is 0 Å². The first-order chi connectivity index (χ1) is 10.8. The minimum atomic E-state index is 0.266. The number of hydrogen-bond donors (Lipinski definition) is 0. The molecule has 4 rings (SSSR count). The third kappa shape index (κ3) is 2.65. The Hall–Kier alpha value is -2.10. The van der Waals surface area contributed by atoms with Gasteiger partial charge in [0.2, 0.25) is 5.91 Å². The summed E-state index contributed by atoms with van der Waals surface area (Å²) in [5.74, 6) is 1.04. The first-order valence-electron chi connectivity index (χ1n) is 8.20. The highest BCUT2D eigenvalue weighted by Gasteiger charge is 2.39. The monoisotopic (exact) mass is 295 g/mol. The summed E-state index contributed by atoms with van der Waals surface area (Å²) in [5, 5.41) is 4.38. The van der Waals surface area contributed by atoms with E-state index in [4.69, 9.17) is 0 Å². The van der Waals surface area contributed by atoms with Crippen LogP contribution in [0.25, 0.3) is 5.69 Å². The van der Waals surface area contributed by atoms with Gasteiger partial charge in [0.1, 0.15) is 0 Å². The Labute approximate surface area is 130 Å². The molecule has 114 valence electrons. The van der Waals surface area contributed by atoms with Gasteiger partial charge in [-0.3, -0.25) is 4.79 Å². The first kappa shape index (κ1) is 13.6. The molecule has 0 bridgehead atoms. The largest absolute Gasteiger partial charge is 0.339 e. The van der Waals surface area contributed by atoms with Crippen LogP contribution in [0.15, 0.2) is 42.7 Å². The molecule has 1 saturated carbocycles. The fourth-order valence-corrected chi connectivity index (χ4v) is 3.52. The average molecular weight is 295 g/mol. The number of aromatic nitrogens is 2. The van der Waals surface area contributed by atoms with Crippen molar-refractivity contribution in [2.75, 3.05) is 6.54 Å². The van der Waals surface area contributed by atoms with Gasteiger partial charge in [0.05, 0.1) is 18.3 Å². The summed E-state index contributed by atoms with van der Waals surface area (Å²) >= 11 is 0. The van der Waals surface area contributed by atoms with Crippen molar-refractivity contribution in [1.82, 2.24) is 14.7 Å². The Balaban J connectivity index is 1.45. The normalized spacial score (nSPS) is 21.3. The molecule has 1 aliphatic heterocycles. The zero-order valence-corrected chi connectivity index (χ0v) is 12.7. The van der Waals surface area contributed by atoms with E-state index in [1.807, 2.05) is 47.4 Å². The molecule has 0 spiro atoms. The fraction of sp³-hybridized carbons (Fsp3) is 0.444. The zero-order chi connectivity index (χ0) is 14.9. The number of nitrogens with zero attached hydrogens (tertiary/aromatic N) is 3. The van der Waals surface area contributed by atoms with Crippen LogP contribution in [0.5, 0.6) is 0 Å². The fourth-order valence-electron chi connectivity index (χ4n) is 3.52. The lowest BCUT2D eigenvalue weighted by Gasteiger charge is -2.24. The lowest BCUT2D eigenvalue weighted by atomic mass is 10.1. The first-order valence-corrected chi connectivity index (χ1v) is 8.20. The lowest BCUT2D eigenvalue weighted by molar-refractivity contribution is -0.131. The molecule has 1 unspecified atom stereocenters. The molecule has 2 aromatic rings. The van der Waals surface area contributed by atoms with E-state index in [-0.39, 0.29) is 5.91 Å². The predicted octanol–water partition coefficient (Wildman–Crippen LogP) is 2.82. The van der Waals surface area contributed by atoms with Crippen molar-refractivity contribution in [3.8, 4) is 5.69 Å². The van der Waals surface area contributed by atoms with Crippen molar-refractivity contribution in [2.24, 2.45) is 5.92 Å². The van der Waals surface area contributed by atoms with Crippen molar-refractivity contribution in [3.05, 3.63) is 48.3 Å². The van der Waals surface area contributed by atoms with Gasteiger partial charge in [-0.25, -0.2) is 4.68 Å². The molecule has 0 N–H and O–H groups in total. The highest BCUT2D eigenvalue weighted by atomic mass is 16.2.